The molecule has 0 saturated carbocycles. The number of hydrogen-bond donors (Lipinski definition) is 0. The zero-order valence-electron chi connectivity index (χ0n) is 5.37. The predicted octanol–water partition coefficient (Wildman–Crippen LogP) is 2.14. The third kappa shape index (κ3) is 3.82. The minimum atomic E-state index is -1.75. The molecule has 3 heteroatoms. The third-order valence-electron chi connectivity index (χ3n) is 0.837. The Labute approximate surface area is 52.4 Å². The molecule has 0 spiro atoms. The molecule has 0 bridgehead atoms. The van der Waals surface area contributed by atoms with Crippen molar-refractivity contribution in [1.29, 1.82) is 0 Å². The lowest BCUT2D eigenvalue weighted by molar-refractivity contribution is -0.116. The van der Waals surface area contributed by atoms with E-state index >= 15 is 0 Å². The lowest BCUT2D eigenvalue weighted by Gasteiger charge is -1.91. The molecule has 0 radical (unpaired) electrons. The van der Waals surface area contributed by atoms with Crippen LogP contribution in [0.5, 0.6) is 0 Å². The molecule has 0 rings (SSSR count). The van der Waals surface area contributed by atoms with E-state index in [1.54, 1.807) is 0 Å². The summed E-state index contributed by atoms with van der Waals surface area (Å²) in [6, 6.07) is 0. The number of halogens is 2. The number of Topliss-reactive ketones (excluding diaryl/α,β-unsaturated/α-hetero) is 1. The molecule has 0 aromatic carbocycles. The SMILES string of the molecule is CC(=O)CC(C)=C(F)F. The number of hydrogen-bond acceptors (Lipinski definition) is 1. The highest BCUT2D eigenvalue weighted by Gasteiger charge is 2.01. The number of allylic oxidation sites excluding steroid dienone is 1. The summed E-state index contributed by atoms with van der Waals surface area (Å²) in [6.07, 6.45) is -1.88. The topological polar surface area (TPSA) is 17.1 Å². The predicted molar refractivity (Wildman–Crippen MR) is 30.2 cm³/mol. The maximum Gasteiger partial charge on any atom is 0.269 e. The quantitative estimate of drug-likeness (QED) is 0.565. The van der Waals surface area contributed by atoms with Crippen LogP contribution in [-0.2, 0) is 4.79 Å². The highest BCUT2D eigenvalue weighted by atomic mass is 19.3. The number of carbonyl (C=O) groups excluding carboxylic acids is 1. The van der Waals surface area contributed by atoms with Crippen LogP contribution >= 0.6 is 0 Å². The lowest BCUT2D eigenvalue weighted by Crippen LogP contribution is -1.90. The molecule has 0 unspecified atom stereocenters. The molecule has 0 aliphatic rings. The van der Waals surface area contributed by atoms with E-state index in [9.17, 15) is 13.6 Å². The van der Waals surface area contributed by atoms with E-state index in [2.05, 4.69) is 0 Å². The van der Waals surface area contributed by atoms with Gasteiger partial charge in [-0.05, 0) is 19.4 Å². The summed E-state index contributed by atoms with van der Waals surface area (Å²) in [6.45, 7) is 2.53. The van der Waals surface area contributed by atoms with Gasteiger partial charge in [0.05, 0.1) is 0 Å². The van der Waals surface area contributed by atoms with Gasteiger partial charge in [0.2, 0.25) is 0 Å². The molecule has 0 amide bonds. The monoisotopic (exact) mass is 134 g/mol. The Balaban J connectivity index is 3.92. The molecule has 0 atom stereocenters. The third-order valence-corrected chi connectivity index (χ3v) is 0.837. The first-order valence-electron chi connectivity index (χ1n) is 2.54. The Morgan fingerprint density at radius 3 is 1.89 bits per heavy atom. The van der Waals surface area contributed by atoms with Crippen LogP contribution in [0.2, 0.25) is 0 Å². The highest BCUT2D eigenvalue weighted by molar-refractivity contribution is 5.77. The van der Waals surface area contributed by atoms with Crippen LogP contribution < -0.4 is 0 Å². The number of ketones is 1. The molecule has 52 valence electrons. The Kier molecular flexibility index (Phi) is 3.06. The van der Waals surface area contributed by atoms with Crippen molar-refractivity contribution in [3.63, 3.8) is 0 Å². The fraction of sp³-hybridized carbons (Fsp3) is 0.500. The molecule has 0 aliphatic heterocycles. The van der Waals surface area contributed by atoms with Gasteiger partial charge in [-0.2, -0.15) is 8.78 Å². The van der Waals surface area contributed by atoms with Crippen molar-refractivity contribution in [2.75, 3.05) is 0 Å². The van der Waals surface area contributed by atoms with Gasteiger partial charge in [-0.3, -0.25) is 4.79 Å². The molecule has 0 aliphatic carbocycles. The minimum absolute atomic E-state index is 0.137. The first kappa shape index (κ1) is 8.27. The van der Waals surface area contributed by atoms with Gasteiger partial charge in [0, 0.05) is 6.42 Å². The molecule has 1 nitrogen and oxygen atoms in total. The van der Waals surface area contributed by atoms with Crippen molar-refractivity contribution in [1.82, 2.24) is 0 Å². The Morgan fingerprint density at radius 1 is 1.33 bits per heavy atom. The standard InChI is InChI=1S/C6H8F2O/c1-4(6(7)8)3-5(2)9/h3H2,1-2H3. The smallest absolute Gasteiger partial charge is 0.269 e. The van der Waals surface area contributed by atoms with Crippen molar-refractivity contribution >= 4 is 5.78 Å². The van der Waals surface area contributed by atoms with E-state index in [-0.39, 0.29) is 17.8 Å². The van der Waals surface area contributed by atoms with Gasteiger partial charge in [0.15, 0.2) is 0 Å². The molecule has 0 aromatic heterocycles. The number of carbonyl (C=O) groups is 1. The van der Waals surface area contributed by atoms with Gasteiger partial charge in [-0.1, -0.05) is 0 Å². The molecule has 0 saturated heterocycles. The van der Waals surface area contributed by atoms with Crippen LogP contribution in [0.1, 0.15) is 20.3 Å². The molecule has 0 aromatic rings. The molecule has 0 N–H and O–H groups in total. The van der Waals surface area contributed by atoms with Gasteiger partial charge in [0.1, 0.15) is 5.78 Å². The average molecular weight is 134 g/mol. The lowest BCUT2D eigenvalue weighted by atomic mass is 10.2. The molecular weight excluding hydrogens is 126 g/mol. The highest BCUT2D eigenvalue weighted by Crippen LogP contribution is 2.10. The van der Waals surface area contributed by atoms with E-state index in [0.29, 0.717) is 0 Å². The van der Waals surface area contributed by atoms with Gasteiger partial charge >= 0.3 is 0 Å². The van der Waals surface area contributed by atoms with Crippen molar-refractivity contribution < 1.29 is 13.6 Å². The fourth-order valence-electron chi connectivity index (χ4n) is 0.440. The summed E-state index contributed by atoms with van der Waals surface area (Å²) in [5.74, 6) is -0.236. The Morgan fingerprint density at radius 2 is 1.78 bits per heavy atom. The van der Waals surface area contributed by atoms with Crippen molar-refractivity contribution in [3.05, 3.63) is 11.7 Å². The largest absolute Gasteiger partial charge is 0.300 e. The van der Waals surface area contributed by atoms with Crippen LogP contribution in [0, 0.1) is 0 Å². The number of rotatable bonds is 2. The zero-order chi connectivity index (χ0) is 7.44. The fourth-order valence-corrected chi connectivity index (χ4v) is 0.440. The van der Waals surface area contributed by atoms with Gasteiger partial charge in [-0.25, -0.2) is 0 Å². The van der Waals surface area contributed by atoms with Crippen LogP contribution in [0.25, 0.3) is 0 Å². The maximum atomic E-state index is 11.5. The summed E-state index contributed by atoms with van der Waals surface area (Å²) >= 11 is 0. The molecule has 0 fully saturated rings. The van der Waals surface area contributed by atoms with E-state index in [1.807, 2.05) is 0 Å². The van der Waals surface area contributed by atoms with Crippen LogP contribution in [-0.4, -0.2) is 5.78 Å². The van der Waals surface area contributed by atoms with Crippen LogP contribution in [0.4, 0.5) is 8.78 Å². The summed E-state index contributed by atoms with van der Waals surface area (Å²) in [7, 11) is 0. The van der Waals surface area contributed by atoms with Crippen molar-refractivity contribution in [3.8, 4) is 0 Å². The van der Waals surface area contributed by atoms with E-state index in [0.717, 1.165) is 0 Å². The molecular formula is C6H8F2O. The maximum absolute atomic E-state index is 11.5. The summed E-state index contributed by atoms with van der Waals surface area (Å²) < 4.78 is 23.0. The van der Waals surface area contributed by atoms with Crippen molar-refractivity contribution in [2.24, 2.45) is 0 Å². The van der Waals surface area contributed by atoms with Gasteiger partial charge < -0.3 is 0 Å². The minimum Gasteiger partial charge on any atom is -0.300 e. The van der Waals surface area contributed by atoms with E-state index in [4.69, 9.17) is 0 Å². The normalized spacial score (nSPS) is 8.89. The van der Waals surface area contributed by atoms with Crippen LogP contribution in [0.15, 0.2) is 11.7 Å². The first-order valence-corrected chi connectivity index (χ1v) is 2.54. The first-order chi connectivity index (χ1) is 4.04. The second-order valence-electron chi connectivity index (χ2n) is 1.92. The second kappa shape index (κ2) is 3.33. The van der Waals surface area contributed by atoms with E-state index < -0.39 is 6.08 Å². The summed E-state index contributed by atoms with van der Waals surface area (Å²) in [5, 5.41) is 0. The van der Waals surface area contributed by atoms with Crippen molar-refractivity contribution in [2.45, 2.75) is 20.3 Å². The summed E-state index contributed by atoms with van der Waals surface area (Å²) in [5.41, 5.74) is -0.137. The summed E-state index contributed by atoms with van der Waals surface area (Å²) in [4.78, 5) is 10.2. The van der Waals surface area contributed by atoms with E-state index in [1.165, 1.54) is 13.8 Å². The van der Waals surface area contributed by atoms with Gasteiger partial charge in [-0.15, -0.1) is 0 Å². The molecule has 9 heavy (non-hydrogen) atoms. The second-order valence-corrected chi connectivity index (χ2v) is 1.92. The Hall–Kier alpha value is -0.730. The Bertz CT molecular complexity index is 145. The average Bonchev–Trinajstić information content (AvgIpc) is 1.63. The molecule has 0 heterocycles. The zero-order valence-corrected chi connectivity index (χ0v) is 5.37. The van der Waals surface area contributed by atoms with Crippen LogP contribution in [0.3, 0.4) is 0 Å². The van der Waals surface area contributed by atoms with Gasteiger partial charge in [0.25, 0.3) is 6.08 Å².